The number of carbonyl (C=O) groups is 1. The normalized spacial score (nSPS) is 12.0. The molecule has 1 unspecified atom stereocenters. The van der Waals surface area contributed by atoms with E-state index < -0.39 is 5.25 Å². The van der Waals surface area contributed by atoms with Crippen molar-refractivity contribution in [3.63, 3.8) is 0 Å². The third-order valence-corrected chi connectivity index (χ3v) is 3.47. The van der Waals surface area contributed by atoms with E-state index in [1.165, 1.54) is 11.8 Å². The van der Waals surface area contributed by atoms with Gasteiger partial charge >= 0.3 is 0 Å². The molecule has 1 aromatic carbocycles. The van der Waals surface area contributed by atoms with E-state index in [9.17, 15) is 4.79 Å². The number of amides is 1. The van der Waals surface area contributed by atoms with Crippen LogP contribution in [0.3, 0.4) is 0 Å². The number of nitrogens with two attached hydrogens (primary N) is 1. The van der Waals surface area contributed by atoms with E-state index in [1.54, 1.807) is 6.20 Å². The van der Waals surface area contributed by atoms with Crippen LogP contribution >= 0.6 is 11.8 Å². The Kier molecular flexibility index (Phi) is 3.77. The fraction of sp³-hybridized carbons (Fsp3) is 0.0769. The largest absolute Gasteiger partial charge is 0.368 e. The molecule has 2 rings (SSSR count). The van der Waals surface area contributed by atoms with Gasteiger partial charge in [-0.15, -0.1) is 11.8 Å². The Morgan fingerprint density at radius 1 is 1.12 bits per heavy atom. The molecule has 1 aromatic heterocycles. The van der Waals surface area contributed by atoms with Crippen molar-refractivity contribution in [1.82, 2.24) is 4.98 Å². The quantitative estimate of drug-likeness (QED) is 0.840. The number of benzene rings is 1. The average molecular weight is 244 g/mol. The molecule has 2 N–H and O–H groups in total. The molecule has 1 amide bonds. The van der Waals surface area contributed by atoms with Crippen molar-refractivity contribution >= 4 is 17.7 Å². The Balaban J connectivity index is 2.23. The van der Waals surface area contributed by atoms with Crippen LogP contribution < -0.4 is 5.73 Å². The Morgan fingerprint density at radius 2 is 1.82 bits per heavy atom. The Morgan fingerprint density at radius 3 is 2.41 bits per heavy atom. The van der Waals surface area contributed by atoms with Crippen LogP contribution in [0.25, 0.3) is 0 Å². The lowest BCUT2D eigenvalue weighted by Crippen LogP contribution is -2.19. The molecule has 0 aliphatic carbocycles. The maximum absolute atomic E-state index is 11.5. The number of primary amides is 1. The van der Waals surface area contributed by atoms with Crippen molar-refractivity contribution in [2.75, 3.05) is 0 Å². The van der Waals surface area contributed by atoms with Crippen LogP contribution in [-0.2, 0) is 4.79 Å². The maximum Gasteiger partial charge on any atom is 0.237 e. The van der Waals surface area contributed by atoms with E-state index >= 15 is 0 Å². The van der Waals surface area contributed by atoms with Crippen LogP contribution in [0.4, 0.5) is 0 Å². The van der Waals surface area contributed by atoms with Crippen molar-refractivity contribution in [1.29, 1.82) is 0 Å². The number of hydrogen-bond donors (Lipinski definition) is 1. The number of aromatic nitrogens is 1. The second kappa shape index (κ2) is 5.50. The van der Waals surface area contributed by atoms with E-state index in [1.807, 2.05) is 48.5 Å². The van der Waals surface area contributed by atoms with Gasteiger partial charge in [-0.1, -0.05) is 24.3 Å². The van der Waals surface area contributed by atoms with Crippen molar-refractivity contribution in [3.05, 3.63) is 60.4 Å². The topological polar surface area (TPSA) is 56.0 Å². The average Bonchev–Trinajstić information content (AvgIpc) is 2.38. The van der Waals surface area contributed by atoms with Crippen LogP contribution in [0.5, 0.6) is 0 Å². The molecule has 1 heterocycles. The Labute approximate surface area is 104 Å². The van der Waals surface area contributed by atoms with E-state index in [2.05, 4.69) is 4.98 Å². The molecule has 1 atom stereocenters. The molecule has 0 spiro atoms. The fourth-order valence-corrected chi connectivity index (χ4v) is 2.39. The molecule has 17 heavy (non-hydrogen) atoms. The van der Waals surface area contributed by atoms with E-state index in [0.29, 0.717) is 5.69 Å². The maximum atomic E-state index is 11.5. The summed E-state index contributed by atoms with van der Waals surface area (Å²) in [6.07, 6.45) is 1.66. The van der Waals surface area contributed by atoms with E-state index in [0.717, 1.165) is 4.90 Å². The standard InChI is InChI=1S/C13H12N2OS/c14-13(16)12(11-8-4-5-9-15-11)17-10-6-2-1-3-7-10/h1-9,12H,(H2,14,16). The first-order valence-corrected chi connectivity index (χ1v) is 6.07. The minimum Gasteiger partial charge on any atom is -0.368 e. The summed E-state index contributed by atoms with van der Waals surface area (Å²) < 4.78 is 0. The van der Waals surface area contributed by atoms with Gasteiger partial charge in [-0.05, 0) is 24.3 Å². The zero-order chi connectivity index (χ0) is 12.1. The predicted octanol–water partition coefficient (Wildman–Crippen LogP) is 2.40. The lowest BCUT2D eigenvalue weighted by atomic mass is 10.2. The number of pyridine rings is 1. The van der Waals surface area contributed by atoms with Crippen LogP contribution in [0, 0.1) is 0 Å². The molecule has 0 fully saturated rings. The van der Waals surface area contributed by atoms with E-state index in [-0.39, 0.29) is 5.91 Å². The monoisotopic (exact) mass is 244 g/mol. The number of hydrogen-bond acceptors (Lipinski definition) is 3. The summed E-state index contributed by atoms with van der Waals surface area (Å²) in [4.78, 5) is 16.6. The van der Waals surface area contributed by atoms with Crippen LogP contribution in [0.1, 0.15) is 10.9 Å². The third-order valence-electron chi connectivity index (χ3n) is 2.21. The number of thioether (sulfide) groups is 1. The second-order valence-electron chi connectivity index (χ2n) is 3.47. The van der Waals surface area contributed by atoms with Gasteiger partial charge in [-0.3, -0.25) is 9.78 Å². The summed E-state index contributed by atoms with van der Waals surface area (Å²) >= 11 is 1.41. The van der Waals surface area contributed by atoms with Gasteiger partial charge in [-0.2, -0.15) is 0 Å². The molecule has 0 aliphatic heterocycles. The fourth-order valence-electron chi connectivity index (χ4n) is 1.43. The van der Waals surface area contributed by atoms with Gasteiger partial charge in [0, 0.05) is 11.1 Å². The summed E-state index contributed by atoms with van der Waals surface area (Å²) in [7, 11) is 0. The molecule has 0 aliphatic rings. The van der Waals surface area contributed by atoms with Crippen LogP contribution in [0.2, 0.25) is 0 Å². The summed E-state index contributed by atoms with van der Waals surface area (Å²) in [6.45, 7) is 0. The van der Waals surface area contributed by atoms with Crippen molar-refractivity contribution < 1.29 is 4.79 Å². The molecule has 3 nitrogen and oxygen atoms in total. The molecule has 2 aromatic rings. The zero-order valence-corrected chi connectivity index (χ0v) is 9.93. The van der Waals surface area contributed by atoms with Gasteiger partial charge < -0.3 is 5.73 Å². The van der Waals surface area contributed by atoms with Crippen LogP contribution in [-0.4, -0.2) is 10.9 Å². The number of nitrogens with zero attached hydrogens (tertiary/aromatic N) is 1. The highest BCUT2D eigenvalue weighted by Gasteiger charge is 2.20. The molecule has 0 radical (unpaired) electrons. The first kappa shape index (κ1) is 11.7. The highest BCUT2D eigenvalue weighted by molar-refractivity contribution is 8.00. The van der Waals surface area contributed by atoms with Gasteiger partial charge in [0.1, 0.15) is 5.25 Å². The van der Waals surface area contributed by atoms with Gasteiger partial charge in [0.25, 0.3) is 0 Å². The molecule has 0 saturated heterocycles. The Bertz CT molecular complexity index is 487. The molecule has 0 bridgehead atoms. The first-order valence-electron chi connectivity index (χ1n) is 5.19. The number of rotatable bonds is 4. The van der Waals surface area contributed by atoms with Gasteiger partial charge in [0.2, 0.25) is 5.91 Å². The van der Waals surface area contributed by atoms with Crippen LogP contribution in [0.15, 0.2) is 59.6 Å². The van der Waals surface area contributed by atoms with E-state index in [4.69, 9.17) is 5.73 Å². The molecular formula is C13H12N2OS. The SMILES string of the molecule is NC(=O)C(Sc1ccccc1)c1ccccn1. The van der Waals surface area contributed by atoms with Crippen molar-refractivity contribution in [2.24, 2.45) is 5.73 Å². The summed E-state index contributed by atoms with van der Waals surface area (Å²) in [5.41, 5.74) is 6.11. The highest BCUT2D eigenvalue weighted by atomic mass is 32.2. The zero-order valence-electron chi connectivity index (χ0n) is 9.11. The number of carbonyl (C=O) groups excluding carboxylic acids is 1. The second-order valence-corrected chi connectivity index (χ2v) is 4.65. The van der Waals surface area contributed by atoms with Crippen molar-refractivity contribution in [3.8, 4) is 0 Å². The smallest absolute Gasteiger partial charge is 0.237 e. The Hall–Kier alpha value is -1.81. The molecule has 0 saturated carbocycles. The van der Waals surface area contributed by atoms with Gasteiger partial charge in [0.05, 0.1) is 5.69 Å². The summed E-state index contributed by atoms with van der Waals surface area (Å²) in [5, 5.41) is -0.446. The lowest BCUT2D eigenvalue weighted by Gasteiger charge is -2.12. The molecule has 86 valence electrons. The third kappa shape index (κ3) is 3.07. The first-order chi connectivity index (χ1) is 8.27. The molecular weight excluding hydrogens is 232 g/mol. The minimum atomic E-state index is -0.446. The van der Waals surface area contributed by atoms with Gasteiger partial charge in [-0.25, -0.2) is 0 Å². The van der Waals surface area contributed by atoms with Crippen molar-refractivity contribution in [2.45, 2.75) is 10.1 Å². The highest BCUT2D eigenvalue weighted by Crippen LogP contribution is 2.33. The van der Waals surface area contributed by atoms with Gasteiger partial charge in [0.15, 0.2) is 0 Å². The summed E-state index contributed by atoms with van der Waals surface area (Å²) in [6, 6.07) is 15.2. The predicted molar refractivity (Wildman–Crippen MR) is 68.5 cm³/mol. The molecule has 4 heteroatoms. The minimum absolute atomic E-state index is 0.377. The summed E-state index contributed by atoms with van der Waals surface area (Å²) in [5.74, 6) is -0.377. The lowest BCUT2D eigenvalue weighted by molar-refractivity contribution is -0.117.